The number of rotatable bonds is 1. The van der Waals surface area contributed by atoms with Gasteiger partial charge < -0.3 is 0 Å². The quantitative estimate of drug-likeness (QED) is 0.678. The number of aromatic nitrogens is 2. The average molecular weight is 301 g/mol. The summed E-state index contributed by atoms with van der Waals surface area (Å²) in [5, 5.41) is 0. The zero-order valence-electron chi connectivity index (χ0n) is 13.7. The molecule has 0 bridgehead atoms. The zero-order chi connectivity index (χ0) is 16.0. The highest BCUT2D eigenvalue weighted by atomic mass is 14.9. The minimum atomic E-state index is -0.0898. The molecule has 3 heteroatoms. The van der Waals surface area contributed by atoms with E-state index >= 15 is 0 Å². The van der Waals surface area contributed by atoms with Crippen LogP contribution < -0.4 is 0 Å². The van der Waals surface area contributed by atoms with Gasteiger partial charge in [-0.15, -0.1) is 0 Å². The number of hydrogen-bond donors (Lipinski definition) is 0. The van der Waals surface area contributed by atoms with E-state index in [1.807, 2.05) is 6.07 Å². The van der Waals surface area contributed by atoms with Crippen molar-refractivity contribution in [3.05, 3.63) is 71.0 Å². The molecule has 23 heavy (non-hydrogen) atoms. The van der Waals surface area contributed by atoms with Crippen molar-refractivity contribution in [2.75, 3.05) is 0 Å². The highest BCUT2D eigenvalue weighted by Gasteiger charge is 2.27. The Morgan fingerprint density at radius 2 is 1.70 bits per heavy atom. The van der Waals surface area contributed by atoms with Gasteiger partial charge in [0.05, 0.1) is 22.3 Å². The molecule has 0 atom stereocenters. The molecule has 2 aromatic carbocycles. The number of aliphatic imine (C=N–C) groups is 1. The van der Waals surface area contributed by atoms with E-state index in [2.05, 4.69) is 61.1 Å². The third-order valence-electron chi connectivity index (χ3n) is 4.30. The molecular formula is C20H19N3. The summed E-state index contributed by atoms with van der Waals surface area (Å²) in [6.07, 6.45) is 4.43. The van der Waals surface area contributed by atoms with E-state index in [1.54, 1.807) is 12.4 Å². The number of benzene rings is 2. The molecule has 3 aromatic rings. The lowest BCUT2D eigenvalue weighted by Crippen LogP contribution is -2.29. The van der Waals surface area contributed by atoms with Crippen LogP contribution in [0.4, 0.5) is 0 Å². The summed E-state index contributed by atoms with van der Waals surface area (Å²) in [4.78, 5) is 13.8. The standard InChI is InChI=1S/C20H19N3/c1-13-4-6-16-15(10-13)12-20(2,3)23-19(16)14-5-7-17-18(11-14)22-9-8-21-17/h4-11H,12H2,1-3H3. The average Bonchev–Trinajstić information content (AvgIpc) is 2.52. The third kappa shape index (κ3) is 2.52. The van der Waals surface area contributed by atoms with Crippen LogP contribution in [0.25, 0.3) is 11.0 Å². The fourth-order valence-electron chi connectivity index (χ4n) is 3.30. The second kappa shape index (κ2) is 4.98. The minimum absolute atomic E-state index is 0.0898. The predicted molar refractivity (Wildman–Crippen MR) is 94.1 cm³/mol. The van der Waals surface area contributed by atoms with E-state index in [9.17, 15) is 0 Å². The zero-order valence-corrected chi connectivity index (χ0v) is 13.7. The topological polar surface area (TPSA) is 38.1 Å². The lowest BCUT2D eigenvalue weighted by molar-refractivity contribution is 0.513. The molecule has 1 aliphatic heterocycles. The summed E-state index contributed by atoms with van der Waals surface area (Å²) in [5.41, 5.74) is 7.80. The van der Waals surface area contributed by atoms with Crippen molar-refractivity contribution in [2.45, 2.75) is 32.7 Å². The maximum Gasteiger partial charge on any atom is 0.0893 e. The van der Waals surface area contributed by atoms with Crippen molar-refractivity contribution < 1.29 is 0 Å². The largest absolute Gasteiger partial charge is 0.278 e. The maximum absolute atomic E-state index is 5.03. The van der Waals surface area contributed by atoms with Gasteiger partial charge in [-0.3, -0.25) is 15.0 Å². The Bertz CT molecular complexity index is 939. The van der Waals surface area contributed by atoms with Crippen molar-refractivity contribution in [3.8, 4) is 0 Å². The molecule has 0 radical (unpaired) electrons. The van der Waals surface area contributed by atoms with Gasteiger partial charge in [0, 0.05) is 23.5 Å². The first-order valence-electron chi connectivity index (χ1n) is 7.93. The van der Waals surface area contributed by atoms with E-state index in [0.717, 1.165) is 28.7 Å². The first-order valence-corrected chi connectivity index (χ1v) is 7.93. The molecule has 3 nitrogen and oxygen atoms in total. The van der Waals surface area contributed by atoms with Gasteiger partial charge in [-0.25, -0.2) is 0 Å². The molecule has 0 N–H and O–H groups in total. The Morgan fingerprint density at radius 3 is 2.52 bits per heavy atom. The monoisotopic (exact) mass is 301 g/mol. The van der Waals surface area contributed by atoms with Crippen molar-refractivity contribution >= 4 is 16.7 Å². The molecule has 0 saturated heterocycles. The first kappa shape index (κ1) is 14.1. The first-order chi connectivity index (χ1) is 11.0. The van der Waals surface area contributed by atoms with Crippen LogP contribution in [-0.4, -0.2) is 21.2 Å². The smallest absolute Gasteiger partial charge is 0.0893 e. The summed E-state index contributed by atoms with van der Waals surface area (Å²) in [6, 6.07) is 12.8. The van der Waals surface area contributed by atoms with Gasteiger partial charge in [-0.2, -0.15) is 0 Å². The predicted octanol–water partition coefficient (Wildman–Crippen LogP) is 4.11. The van der Waals surface area contributed by atoms with Crippen LogP contribution in [0.15, 0.2) is 53.8 Å². The summed E-state index contributed by atoms with van der Waals surface area (Å²) in [5.74, 6) is 0. The summed E-state index contributed by atoms with van der Waals surface area (Å²) >= 11 is 0. The molecule has 0 fully saturated rings. The van der Waals surface area contributed by atoms with Crippen LogP contribution in [-0.2, 0) is 6.42 Å². The van der Waals surface area contributed by atoms with Crippen LogP contribution in [0.3, 0.4) is 0 Å². The Labute approximate surface area is 136 Å². The van der Waals surface area contributed by atoms with E-state index in [-0.39, 0.29) is 5.54 Å². The maximum atomic E-state index is 5.03. The van der Waals surface area contributed by atoms with Gasteiger partial charge in [0.2, 0.25) is 0 Å². The van der Waals surface area contributed by atoms with E-state index in [4.69, 9.17) is 4.99 Å². The van der Waals surface area contributed by atoms with Gasteiger partial charge in [-0.1, -0.05) is 29.8 Å². The van der Waals surface area contributed by atoms with E-state index in [0.29, 0.717) is 0 Å². The molecule has 1 aliphatic rings. The summed E-state index contributed by atoms with van der Waals surface area (Å²) in [7, 11) is 0. The van der Waals surface area contributed by atoms with E-state index in [1.165, 1.54) is 16.7 Å². The lowest BCUT2D eigenvalue weighted by Gasteiger charge is -2.29. The third-order valence-corrected chi connectivity index (χ3v) is 4.30. The molecule has 0 saturated carbocycles. The Morgan fingerprint density at radius 1 is 0.913 bits per heavy atom. The Balaban J connectivity index is 1.93. The van der Waals surface area contributed by atoms with Crippen molar-refractivity contribution in [1.29, 1.82) is 0 Å². The Kier molecular flexibility index (Phi) is 3.05. The molecule has 114 valence electrons. The van der Waals surface area contributed by atoms with Crippen LogP contribution in [0.5, 0.6) is 0 Å². The second-order valence-corrected chi connectivity index (χ2v) is 6.87. The second-order valence-electron chi connectivity index (χ2n) is 6.87. The summed E-state index contributed by atoms with van der Waals surface area (Å²) in [6.45, 7) is 6.53. The fourth-order valence-corrected chi connectivity index (χ4v) is 3.30. The van der Waals surface area contributed by atoms with Crippen molar-refractivity contribution in [1.82, 2.24) is 9.97 Å². The summed E-state index contributed by atoms with van der Waals surface area (Å²) < 4.78 is 0. The number of fused-ring (bicyclic) bond motifs is 2. The minimum Gasteiger partial charge on any atom is -0.278 e. The van der Waals surface area contributed by atoms with Gasteiger partial charge in [-0.05, 0) is 44.9 Å². The normalized spacial score (nSPS) is 16.0. The lowest BCUT2D eigenvalue weighted by atomic mass is 9.84. The number of aryl methyl sites for hydroxylation is 1. The van der Waals surface area contributed by atoms with Crippen LogP contribution in [0.1, 0.15) is 36.1 Å². The highest BCUT2D eigenvalue weighted by Crippen LogP contribution is 2.30. The Hall–Kier alpha value is -2.55. The van der Waals surface area contributed by atoms with Crippen LogP contribution in [0.2, 0.25) is 0 Å². The van der Waals surface area contributed by atoms with Gasteiger partial charge in [0.15, 0.2) is 0 Å². The molecule has 0 spiro atoms. The molecule has 2 heterocycles. The van der Waals surface area contributed by atoms with Crippen LogP contribution in [0, 0.1) is 6.92 Å². The van der Waals surface area contributed by atoms with Crippen LogP contribution >= 0.6 is 0 Å². The molecular weight excluding hydrogens is 282 g/mol. The van der Waals surface area contributed by atoms with Crippen molar-refractivity contribution in [3.63, 3.8) is 0 Å². The number of nitrogens with zero attached hydrogens (tertiary/aromatic N) is 3. The van der Waals surface area contributed by atoms with Gasteiger partial charge in [0.1, 0.15) is 0 Å². The number of hydrogen-bond acceptors (Lipinski definition) is 3. The highest BCUT2D eigenvalue weighted by molar-refractivity contribution is 6.15. The molecule has 1 aromatic heterocycles. The molecule has 0 aliphatic carbocycles. The van der Waals surface area contributed by atoms with Gasteiger partial charge >= 0.3 is 0 Å². The van der Waals surface area contributed by atoms with Crippen molar-refractivity contribution in [2.24, 2.45) is 4.99 Å². The molecule has 4 rings (SSSR count). The fraction of sp³-hybridized carbons (Fsp3) is 0.250. The SMILES string of the molecule is Cc1ccc2c(c1)CC(C)(C)N=C2c1ccc2nccnc2c1. The molecule has 0 amide bonds. The molecule has 0 unspecified atom stereocenters. The van der Waals surface area contributed by atoms with E-state index < -0.39 is 0 Å². The van der Waals surface area contributed by atoms with Gasteiger partial charge in [0.25, 0.3) is 0 Å².